The zero-order chi connectivity index (χ0) is 13.7. The average molecular weight is 282 g/mol. The van der Waals surface area contributed by atoms with Crippen LogP contribution in [0.4, 0.5) is 0 Å². The van der Waals surface area contributed by atoms with E-state index in [1.54, 1.807) is 12.1 Å². The third-order valence-electron chi connectivity index (χ3n) is 3.54. The van der Waals surface area contributed by atoms with Crippen LogP contribution in [0.25, 0.3) is 0 Å². The third kappa shape index (κ3) is 3.78. The first-order chi connectivity index (χ1) is 9.13. The van der Waals surface area contributed by atoms with E-state index in [1.807, 2.05) is 19.1 Å². The van der Waals surface area contributed by atoms with Crippen LogP contribution in [0, 0.1) is 0 Å². The molecular formula is C14H22N2O2S. The van der Waals surface area contributed by atoms with Gasteiger partial charge in [0, 0.05) is 6.54 Å². The molecule has 0 saturated carbocycles. The average Bonchev–Trinajstić information content (AvgIpc) is 2.46. The maximum atomic E-state index is 12.0. The molecule has 1 aliphatic rings. The number of benzene rings is 1. The van der Waals surface area contributed by atoms with Gasteiger partial charge in [-0.3, -0.25) is 0 Å². The minimum absolute atomic E-state index is 0.360. The SMILES string of the molecule is CCCNS(=O)(=O)c1ccc(C2CCNCC2)cc1. The number of sulfonamides is 1. The summed E-state index contributed by atoms with van der Waals surface area (Å²) < 4.78 is 26.5. The lowest BCUT2D eigenvalue weighted by Crippen LogP contribution is -2.27. The van der Waals surface area contributed by atoms with Crippen molar-refractivity contribution in [2.45, 2.75) is 37.0 Å². The van der Waals surface area contributed by atoms with Gasteiger partial charge < -0.3 is 5.32 Å². The van der Waals surface area contributed by atoms with E-state index in [2.05, 4.69) is 10.0 Å². The molecular weight excluding hydrogens is 260 g/mol. The van der Waals surface area contributed by atoms with Crippen molar-refractivity contribution in [1.82, 2.24) is 10.0 Å². The van der Waals surface area contributed by atoms with Crippen LogP contribution < -0.4 is 10.0 Å². The van der Waals surface area contributed by atoms with Crippen molar-refractivity contribution < 1.29 is 8.42 Å². The molecule has 0 aliphatic carbocycles. The third-order valence-corrected chi connectivity index (χ3v) is 5.02. The minimum atomic E-state index is -3.33. The van der Waals surface area contributed by atoms with Crippen LogP contribution in [0.2, 0.25) is 0 Å². The Bertz CT molecular complexity index is 491. The topological polar surface area (TPSA) is 58.2 Å². The molecule has 106 valence electrons. The van der Waals surface area contributed by atoms with E-state index in [0.29, 0.717) is 17.4 Å². The summed E-state index contributed by atoms with van der Waals surface area (Å²) in [7, 11) is -3.33. The van der Waals surface area contributed by atoms with Crippen LogP contribution in [0.1, 0.15) is 37.7 Å². The maximum Gasteiger partial charge on any atom is 0.240 e. The fourth-order valence-corrected chi connectivity index (χ4v) is 3.53. The second-order valence-corrected chi connectivity index (χ2v) is 6.76. The van der Waals surface area contributed by atoms with Gasteiger partial charge in [0.15, 0.2) is 0 Å². The van der Waals surface area contributed by atoms with E-state index < -0.39 is 10.0 Å². The number of nitrogens with one attached hydrogen (secondary N) is 2. The first-order valence-corrected chi connectivity index (χ1v) is 8.42. The summed E-state index contributed by atoms with van der Waals surface area (Å²) in [6, 6.07) is 7.34. The van der Waals surface area contributed by atoms with Gasteiger partial charge in [-0.15, -0.1) is 0 Å². The Labute approximate surface area is 115 Å². The van der Waals surface area contributed by atoms with E-state index in [9.17, 15) is 8.42 Å². The molecule has 1 fully saturated rings. The molecule has 2 N–H and O–H groups in total. The van der Waals surface area contributed by atoms with Crippen molar-refractivity contribution in [2.75, 3.05) is 19.6 Å². The standard InChI is InChI=1S/C14H22N2O2S/c1-2-9-16-19(17,18)14-5-3-12(4-6-14)13-7-10-15-11-8-13/h3-6,13,15-16H,2,7-11H2,1H3. The van der Waals surface area contributed by atoms with E-state index in [4.69, 9.17) is 0 Å². The van der Waals surface area contributed by atoms with Crippen molar-refractivity contribution in [3.63, 3.8) is 0 Å². The first-order valence-electron chi connectivity index (χ1n) is 6.94. The summed E-state index contributed by atoms with van der Waals surface area (Å²) >= 11 is 0. The zero-order valence-electron chi connectivity index (χ0n) is 11.4. The monoisotopic (exact) mass is 282 g/mol. The summed E-state index contributed by atoms with van der Waals surface area (Å²) in [5, 5.41) is 3.34. The molecule has 4 nitrogen and oxygen atoms in total. The van der Waals surface area contributed by atoms with Gasteiger partial charge in [0.25, 0.3) is 0 Å². The first kappa shape index (κ1) is 14.5. The largest absolute Gasteiger partial charge is 0.317 e. The highest BCUT2D eigenvalue weighted by Crippen LogP contribution is 2.25. The predicted molar refractivity (Wildman–Crippen MR) is 76.8 cm³/mol. The maximum absolute atomic E-state index is 12.0. The van der Waals surface area contributed by atoms with Crippen molar-refractivity contribution in [1.29, 1.82) is 0 Å². The van der Waals surface area contributed by atoms with Crippen molar-refractivity contribution in [3.8, 4) is 0 Å². The fourth-order valence-electron chi connectivity index (χ4n) is 2.39. The number of piperidine rings is 1. The quantitative estimate of drug-likeness (QED) is 0.866. The summed E-state index contributed by atoms with van der Waals surface area (Å²) in [5.41, 5.74) is 1.25. The molecule has 2 rings (SSSR count). The van der Waals surface area contributed by atoms with Crippen LogP contribution in [0.15, 0.2) is 29.2 Å². The van der Waals surface area contributed by atoms with Gasteiger partial charge in [-0.05, 0) is 56.0 Å². The minimum Gasteiger partial charge on any atom is -0.317 e. The van der Waals surface area contributed by atoms with E-state index in [0.717, 1.165) is 32.4 Å². The molecule has 1 aromatic carbocycles. The van der Waals surface area contributed by atoms with Crippen molar-refractivity contribution in [2.24, 2.45) is 0 Å². The van der Waals surface area contributed by atoms with Crippen molar-refractivity contribution in [3.05, 3.63) is 29.8 Å². The highest BCUT2D eigenvalue weighted by atomic mass is 32.2. The Morgan fingerprint density at radius 2 is 1.84 bits per heavy atom. The summed E-state index contributed by atoms with van der Waals surface area (Å²) in [5.74, 6) is 0.557. The molecule has 1 aliphatic heterocycles. The Morgan fingerprint density at radius 1 is 1.21 bits per heavy atom. The smallest absolute Gasteiger partial charge is 0.240 e. The molecule has 1 saturated heterocycles. The molecule has 0 atom stereocenters. The molecule has 0 aromatic heterocycles. The molecule has 0 amide bonds. The highest BCUT2D eigenvalue weighted by molar-refractivity contribution is 7.89. The Balaban J connectivity index is 2.09. The van der Waals surface area contributed by atoms with Crippen LogP contribution >= 0.6 is 0 Å². The lowest BCUT2D eigenvalue weighted by atomic mass is 9.90. The summed E-state index contributed by atoms with van der Waals surface area (Å²) in [4.78, 5) is 0.360. The molecule has 1 aromatic rings. The highest BCUT2D eigenvalue weighted by Gasteiger charge is 2.17. The second-order valence-electron chi connectivity index (χ2n) is 4.99. The van der Waals surface area contributed by atoms with Gasteiger partial charge in [0.05, 0.1) is 4.90 Å². The van der Waals surface area contributed by atoms with E-state index >= 15 is 0 Å². The Hall–Kier alpha value is -0.910. The number of hydrogen-bond acceptors (Lipinski definition) is 3. The number of hydrogen-bond donors (Lipinski definition) is 2. The van der Waals surface area contributed by atoms with E-state index in [-0.39, 0.29) is 0 Å². The molecule has 0 bridgehead atoms. The molecule has 0 spiro atoms. The van der Waals surface area contributed by atoms with Crippen molar-refractivity contribution >= 4 is 10.0 Å². The normalized spacial score (nSPS) is 17.5. The van der Waals surface area contributed by atoms with Gasteiger partial charge in [0.1, 0.15) is 0 Å². The molecule has 0 unspecified atom stereocenters. The molecule has 5 heteroatoms. The molecule has 19 heavy (non-hydrogen) atoms. The summed E-state index contributed by atoms with van der Waals surface area (Å²) in [6.45, 7) is 4.52. The lowest BCUT2D eigenvalue weighted by molar-refractivity contribution is 0.460. The second kappa shape index (κ2) is 6.50. The van der Waals surface area contributed by atoms with Gasteiger partial charge in [-0.2, -0.15) is 0 Å². The Morgan fingerprint density at radius 3 is 2.42 bits per heavy atom. The molecule has 0 radical (unpaired) electrons. The van der Waals surface area contributed by atoms with Crippen LogP contribution in [-0.4, -0.2) is 28.1 Å². The molecule has 1 heterocycles. The zero-order valence-corrected chi connectivity index (χ0v) is 12.2. The van der Waals surface area contributed by atoms with Gasteiger partial charge in [0.2, 0.25) is 10.0 Å². The van der Waals surface area contributed by atoms with Gasteiger partial charge in [-0.25, -0.2) is 13.1 Å². The van der Waals surface area contributed by atoms with Crippen LogP contribution in [-0.2, 0) is 10.0 Å². The van der Waals surface area contributed by atoms with Gasteiger partial charge >= 0.3 is 0 Å². The fraction of sp³-hybridized carbons (Fsp3) is 0.571. The number of rotatable bonds is 5. The lowest BCUT2D eigenvalue weighted by Gasteiger charge is -2.23. The predicted octanol–water partition coefficient (Wildman–Crippen LogP) is 1.84. The summed E-state index contributed by atoms with van der Waals surface area (Å²) in [6.07, 6.45) is 3.05. The van der Waals surface area contributed by atoms with Gasteiger partial charge in [-0.1, -0.05) is 19.1 Å². The van der Waals surface area contributed by atoms with Crippen LogP contribution in [0.5, 0.6) is 0 Å². The Kier molecular flexibility index (Phi) is 4.96. The van der Waals surface area contributed by atoms with Crippen LogP contribution in [0.3, 0.4) is 0 Å². The van der Waals surface area contributed by atoms with E-state index in [1.165, 1.54) is 5.56 Å².